The zero-order valence-electron chi connectivity index (χ0n) is 20.9. The van der Waals surface area contributed by atoms with E-state index in [1.807, 2.05) is 0 Å². The van der Waals surface area contributed by atoms with E-state index in [1.165, 1.54) is 28.7 Å². The second kappa shape index (κ2) is 9.92. The Bertz CT molecular complexity index is 1350. The van der Waals surface area contributed by atoms with Crippen LogP contribution in [0.5, 0.6) is 0 Å². The molecule has 3 aromatic heterocycles. The van der Waals surface area contributed by atoms with Crippen molar-refractivity contribution in [1.29, 1.82) is 0 Å². The van der Waals surface area contributed by atoms with Gasteiger partial charge >= 0.3 is 5.97 Å². The molecule has 4 heterocycles. The smallest absolute Gasteiger partial charge is 0.341 e. The van der Waals surface area contributed by atoms with Crippen molar-refractivity contribution < 1.29 is 19.1 Å². The molecule has 1 amide bonds. The van der Waals surface area contributed by atoms with Crippen molar-refractivity contribution in [1.82, 2.24) is 9.97 Å². The predicted octanol–water partition coefficient (Wildman–Crippen LogP) is 5.22. The molecule has 36 heavy (non-hydrogen) atoms. The van der Waals surface area contributed by atoms with E-state index in [4.69, 9.17) is 15.2 Å². The first kappa shape index (κ1) is 25.4. The summed E-state index contributed by atoms with van der Waals surface area (Å²) in [4.78, 5) is 37.9. The number of hydrogen-bond donors (Lipinski definition) is 2. The zero-order chi connectivity index (χ0) is 25.6. The molecule has 11 heteroatoms. The fourth-order valence-electron chi connectivity index (χ4n) is 4.77. The summed E-state index contributed by atoms with van der Waals surface area (Å²) in [6.07, 6.45) is 3.52. The minimum Gasteiger partial charge on any atom is -0.462 e. The number of carbonyl (C=O) groups excluding carboxylic acids is 2. The van der Waals surface area contributed by atoms with Gasteiger partial charge in [0.25, 0.3) is 0 Å². The van der Waals surface area contributed by atoms with Crippen LogP contribution in [-0.2, 0) is 40.1 Å². The van der Waals surface area contributed by atoms with E-state index in [0.29, 0.717) is 40.7 Å². The van der Waals surface area contributed by atoms with E-state index in [2.05, 4.69) is 36.1 Å². The maximum atomic E-state index is 12.9. The first-order valence-corrected chi connectivity index (χ1v) is 14.7. The second-order valence-corrected chi connectivity index (χ2v) is 13.0. The number of carbonyl (C=O) groups is 2. The van der Waals surface area contributed by atoms with Gasteiger partial charge in [-0.25, -0.2) is 14.8 Å². The monoisotopic (exact) mass is 546 g/mol. The maximum Gasteiger partial charge on any atom is 0.341 e. The number of thiophene rings is 2. The highest BCUT2D eigenvalue weighted by molar-refractivity contribution is 7.99. The van der Waals surface area contributed by atoms with Crippen LogP contribution in [0.15, 0.2) is 5.16 Å². The summed E-state index contributed by atoms with van der Waals surface area (Å²) in [5.74, 6) is 0.502. The van der Waals surface area contributed by atoms with E-state index >= 15 is 0 Å². The lowest BCUT2D eigenvalue weighted by Gasteiger charge is -2.30. The van der Waals surface area contributed by atoms with Gasteiger partial charge in [0, 0.05) is 16.2 Å². The third kappa shape index (κ3) is 4.98. The summed E-state index contributed by atoms with van der Waals surface area (Å²) in [6, 6.07) is 0. The number of fused-ring (bicyclic) bond motifs is 4. The van der Waals surface area contributed by atoms with Crippen LogP contribution in [0.3, 0.4) is 0 Å². The number of ether oxygens (including phenoxy) is 2. The number of nitrogen functional groups attached to an aromatic ring is 1. The van der Waals surface area contributed by atoms with Gasteiger partial charge in [0.15, 0.2) is 5.16 Å². The molecule has 0 saturated carbocycles. The number of rotatable bonds is 6. The van der Waals surface area contributed by atoms with Crippen molar-refractivity contribution in [2.75, 3.05) is 23.4 Å². The molecule has 0 fully saturated rings. The Hall–Kier alpha value is -2.21. The molecule has 0 bridgehead atoms. The van der Waals surface area contributed by atoms with Gasteiger partial charge in [0.1, 0.15) is 15.6 Å². The molecule has 1 unspecified atom stereocenters. The normalized spacial score (nSPS) is 18.5. The second-order valence-electron chi connectivity index (χ2n) is 9.91. The van der Waals surface area contributed by atoms with Crippen molar-refractivity contribution in [3.05, 3.63) is 26.4 Å². The lowest BCUT2D eigenvalue weighted by molar-refractivity contribution is -0.113. The van der Waals surface area contributed by atoms with Crippen LogP contribution in [0.4, 0.5) is 10.8 Å². The number of anilines is 2. The molecule has 8 nitrogen and oxygen atoms in total. The molecule has 0 saturated heterocycles. The highest BCUT2D eigenvalue weighted by Gasteiger charge is 2.31. The summed E-state index contributed by atoms with van der Waals surface area (Å²) in [5, 5.41) is 4.88. The Kier molecular flexibility index (Phi) is 7.01. The SMILES string of the molecule is CCOC(=O)c1c(NC(=O)CSc2nc(N)c3c4c(sc3n2)COC(C)(C)C4)sc2c1CCC(C)C2. The zero-order valence-corrected chi connectivity index (χ0v) is 23.3. The van der Waals surface area contributed by atoms with E-state index in [9.17, 15) is 9.59 Å². The lowest BCUT2D eigenvalue weighted by atomic mass is 9.88. The Labute approximate surface area is 222 Å². The summed E-state index contributed by atoms with van der Waals surface area (Å²) in [7, 11) is 0. The summed E-state index contributed by atoms with van der Waals surface area (Å²) in [6.45, 7) is 8.96. The van der Waals surface area contributed by atoms with E-state index < -0.39 is 0 Å². The number of hydrogen-bond acceptors (Lipinski definition) is 10. The van der Waals surface area contributed by atoms with Gasteiger partial charge in [-0.1, -0.05) is 18.7 Å². The van der Waals surface area contributed by atoms with Crippen LogP contribution in [0, 0.1) is 5.92 Å². The highest BCUT2D eigenvalue weighted by atomic mass is 32.2. The summed E-state index contributed by atoms with van der Waals surface area (Å²) < 4.78 is 11.2. The van der Waals surface area contributed by atoms with Gasteiger partial charge in [-0.15, -0.1) is 22.7 Å². The third-order valence-corrected chi connectivity index (χ3v) is 9.63. The molecule has 1 atom stereocenters. The molecule has 5 rings (SSSR count). The van der Waals surface area contributed by atoms with Gasteiger partial charge in [0.2, 0.25) is 5.91 Å². The van der Waals surface area contributed by atoms with E-state index in [0.717, 1.165) is 51.2 Å². The fourth-order valence-corrected chi connectivity index (χ4v) is 8.00. The molecule has 1 aliphatic heterocycles. The minimum atomic E-state index is -0.372. The molecule has 1 aliphatic carbocycles. The molecule has 0 radical (unpaired) electrons. The largest absolute Gasteiger partial charge is 0.462 e. The first-order valence-electron chi connectivity index (χ1n) is 12.1. The van der Waals surface area contributed by atoms with Crippen LogP contribution in [0.25, 0.3) is 10.2 Å². The van der Waals surface area contributed by atoms with Crippen molar-refractivity contribution in [2.45, 2.75) is 70.7 Å². The Morgan fingerprint density at radius 2 is 2.06 bits per heavy atom. The molecule has 192 valence electrons. The molecule has 2 aliphatic rings. The van der Waals surface area contributed by atoms with Crippen LogP contribution in [0.1, 0.15) is 65.4 Å². The third-order valence-electron chi connectivity index (χ3n) is 6.51. The maximum absolute atomic E-state index is 12.9. The van der Waals surface area contributed by atoms with Crippen LogP contribution in [-0.4, -0.2) is 39.8 Å². The number of nitrogens with zero attached hydrogens (tertiary/aromatic N) is 2. The number of thioether (sulfide) groups is 1. The molecule has 0 aromatic carbocycles. The average Bonchev–Trinajstić information content (AvgIpc) is 3.34. The number of aromatic nitrogens is 2. The molecule has 0 spiro atoms. The number of nitrogens with two attached hydrogens (primary N) is 1. The molecular formula is C25H30N4O4S3. The Morgan fingerprint density at radius 1 is 1.25 bits per heavy atom. The standard InChI is InChI=1S/C25H30N4O4S3/c1-5-32-23(31)19-13-7-6-12(2)8-15(13)35-22(19)27-17(30)11-34-24-28-20(26)18-14-9-25(3,4)33-10-16(14)36-21(18)29-24/h12H,5-11H2,1-4H3,(H,27,30)(H2,26,28,29). The number of amides is 1. The van der Waals surface area contributed by atoms with Gasteiger partial charge in [0.05, 0.1) is 35.5 Å². The predicted molar refractivity (Wildman–Crippen MR) is 145 cm³/mol. The van der Waals surface area contributed by atoms with Crippen molar-refractivity contribution in [2.24, 2.45) is 5.92 Å². The average molecular weight is 547 g/mol. The van der Waals surface area contributed by atoms with Gasteiger partial charge in [-0.2, -0.15) is 0 Å². The number of nitrogens with one attached hydrogen (secondary N) is 1. The van der Waals surface area contributed by atoms with Gasteiger partial charge < -0.3 is 20.5 Å². The van der Waals surface area contributed by atoms with Gasteiger partial charge in [-0.05, 0) is 57.1 Å². The van der Waals surface area contributed by atoms with Crippen molar-refractivity contribution in [3.63, 3.8) is 0 Å². The molecule has 3 aromatic rings. The van der Waals surface area contributed by atoms with Gasteiger partial charge in [-0.3, -0.25) is 4.79 Å². The first-order chi connectivity index (χ1) is 17.1. The summed E-state index contributed by atoms with van der Waals surface area (Å²) in [5.41, 5.74) is 8.80. The highest BCUT2D eigenvalue weighted by Crippen LogP contribution is 2.42. The van der Waals surface area contributed by atoms with Crippen molar-refractivity contribution >= 4 is 67.3 Å². The van der Waals surface area contributed by atoms with Crippen LogP contribution in [0.2, 0.25) is 0 Å². The summed E-state index contributed by atoms with van der Waals surface area (Å²) >= 11 is 4.29. The van der Waals surface area contributed by atoms with E-state index in [-0.39, 0.29) is 23.2 Å². The van der Waals surface area contributed by atoms with E-state index in [1.54, 1.807) is 18.3 Å². The quantitative estimate of drug-likeness (QED) is 0.246. The van der Waals surface area contributed by atoms with Crippen LogP contribution >= 0.6 is 34.4 Å². The molecule has 3 N–H and O–H groups in total. The van der Waals surface area contributed by atoms with Crippen molar-refractivity contribution in [3.8, 4) is 0 Å². The topological polar surface area (TPSA) is 116 Å². The molecular weight excluding hydrogens is 517 g/mol. The fraction of sp³-hybridized carbons (Fsp3) is 0.520. The number of esters is 1. The van der Waals surface area contributed by atoms with Crippen LogP contribution < -0.4 is 11.1 Å². The Morgan fingerprint density at radius 3 is 2.83 bits per heavy atom. The lowest BCUT2D eigenvalue weighted by Crippen LogP contribution is -2.31. The Balaban J connectivity index is 1.32. The minimum absolute atomic E-state index is 0.105.